The zero-order valence-electron chi connectivity index (χ0n) is 13.3. The molecule has 1 N–H and O–H groups in total. The summed E-state index contributed by atoms with van der Waals surface area (Å²) in [4.78, 5) is 8.48. The summed E-state index contributed by atoms with van der Waals surface area (Å²) in [6, 6.07) is 0.417. The van der Waals surface area contributed by atoms with Gasteiger partial charge in [0.05, 0.1) is 5.69 Å². The Kier molecular flexibility index (Phi) is 4.33. The number of piperidine rings is 1. The molecular weight excluding hydrogens is 280 g/mol. The number of hydrogen-bond acceptors (Lipinski definition) is 4. The number of likely N-dealkylation sites (tertiary alicyclic amines) is 1. The van der Waals surface area contributed by atoms with E-state index in [0.717, 1.165) is 11.4 Å². The van der Waals surface area contributed by atoms with E-state index in [-0.39, 0.29) is 5.54 Å². The molecule has 1 aliphatic rings. The van der Waals surface area contributed by atoms with Crippen LogP contribution in [0.25, 0.3) is 4.96 Å². The van der Waals surface area contributed by atoms with Gasteiger partial charge in [-0.25, -0.2) is 4.98 Å². The van der Waals surface area contributed by atoms with Gasteiger partial charge < -0.3 is 5.32 Å². The third-order valence-electron chi connectivity index (χ3n) is 4.93. The zero-order chi connectivity index (χ0) is 14.9. The van der Waals surface area contributed by atoms with Gasteiger partial charge in [0.1, 0.15) is 0 Å². The van der Waals surface area contributed by atoms with Crippen LogP contribution in [-0.2, 0) is 6.42 Å². The Hall–Kier alpha value is -0.910. The molecule has 0 saturated carbocycles. The standard InChI is InChI=1S/C16H26N4S/c1-16(2,20-7-5-4-6-8-20)14(17-3)11-13-12-19-9-10-21-15(19)18-13/h9-10,12,14,17H,4-8,11H2,1-3H3. The summed E-state index contributed by atoms with van der Waals surface area (Å²) >= 11 is 1.70. The highest BCUT2D eigenvalue weighted by molar-refractivity contribution is 7.15. The summed E-state index contributed by atoms with van der Waals surface area (Å²) in [5.41, 5.74) is 1.35. The normalized spacial score (nSPS) is 19.2. The Bertz CT molecular complexity index is 551. The van der Waals surface area contributed by atoms with Gasteiger partial charge in [-0.05, 0) is 46.8 Å². The molecule has 2 aromatic heterocycles. The van der Waals surface area contributed by atoms with Crippen LogP contribution in [0, 0.1) is 0 Å². The lowest BCUT2D eigenvalue weighted by Gasteiger charge is -2.46. The molecule has 0 aliphatic carbocycles. The van der Waals surface area contributed by atoms with Crippen LogP contribution in [-0.4, -0.2) is 46.0 Å². The molecule has 0 aromatic carbocycles. The quantitative estimate of drug-likeness (QED) is 0.922. The van der Waals surface area contributed by atoms with E-state index in [1.165, 1.54) is 38.0 Å². The first-order chi connectivity index (χ1) is 10.1. The first-order valence-corrected chi connectivity index (χ1v) is 8.82. The number of rotatable bonds is 5. The topological polar surface area (TPSA) is 32.6 Å². The van der Waals surface area contributed by atoms with Crippen molar-refractivity contribution in [3.05, 3.63) is 23.5 Å². The van der Waals surface area contributed by atoms with E-state index < -0.39 is 0 Å². The third-order valence-corrected chi connectivity index (χ3v) is 5.70. The Labute approximate surface area is 131 Å². The minimum Gasteiger partial charge on any atom is -0.315 e. The van der Waals surface area contributed by atoms with Crippen molar-refractivity contribution in [1.82, 2.24) is 19.6 Å². The molecule has 2 aromatic rings. The number of aromatic nitrogens is 2. The number of nitrogens with zero attached hydrogens (tertiary/aromatic N) is 3. The van der Waals surface area contributed by atoms with Crippen molar-refractivity contribution in [1.29, 1.82) is 0 Å². The zero-order valence-corrected chi connectivity index (χ0v) is 14.1. The first-order valence-electron chi connectivity index (χ1n) is 7.94. The first kappa shape index (κ1) is 15.0. The van der Waals surface area contributed by atoms with E-state index in [1.54, 1.807) is 11.3 Å². The van der Waals surface area contributed by atoms with Gasteiger partial charge in [-0.1, -0.05) is 6.42 Å². The van der Waals surface area contributed by atoms with Crippen molar-refractivity contribution in [3.63, 3.8) is 0 Å². The number of imidazole rings is 1. The summed E-state index contributed by atoms with van der Waals surface area (Å²) in [7, 11) is 2.08. The van der Waals surface area contributed by atoms with Crippen molar-refractivity contribution < 1.29 is 0 Å². The lowest BCUT2D eigenvalue weighted by atomic mass is 9.87. The fourth-order valence-corrected chi connectivity index (χ4v) is 4.20. The molecule has 5 heteroatoms. The van der Waals surface area contributed by atoms with Gasteiger partial charge in [-0.3, -0.25) is 9.30 Å². The van der Waals surface area contributed by atoms with Crippen LogP contribution in [0.5, 0.6) is 0 Å². The molecular formula is C16H26N4S. The summed E-state index contributed by atoms with van der Waals surface area (Å²) in [6.07, 6.45) is 9.28. The largest absolute Gasteiger partial charge is 0.315 e. The molecule has 3 rings (SSSR count). The molecule has 0 radical (unpaired) electrons. The molecule has 1 saturated heterocycles. The summed E-state index contributed by atoms with van der Waals surface area (Å²) < 4.78 is 2.13. The fourth-order valence-electron chi connectivity index (χ4n) is 3.48. The predicted octanol–water partition coefficient (Wildman–Crippen LogP) is 2.79. The molecule has 21 heavy (non-hydrogen) atoms. The number of likely N-dealkylation sites (N-methyl/N-ethyl adjacent to an activating group) is 1. The molecule has 1 atom stereocenters. The van der Waals surface area contributed by atoms with Gasteiger partial charge in [-0.15, -0.1) is 11.3 Å². The number of nitrogens with one attached hydrogen (secondary N) is 1. The van der Waals surface area contributed by atoms with Crippen LogP contribution in [0.2, 0.25) is 0 Å². The Morgan fingerprint density at radius 3 is 2.76 bits per heavy atom. The molecule has 4 nitrogen and oxygen atoms in total. The van der Waals surface area contributed by atoms with Crippen molar-refractivity contribution in [2.75, 3.05) is 20.1 Å². The molecule has 3 heterocycles. The average Bonchev–Trinajstić information content (AvgIpc) is 3.06. The SMILES string of the molecule is CNC(Cc1cn2ccsc2n1)C(C)(C)N1CCCCC1. The maximum Gasteiger partial charge on any atom is 0.193 e. The van der Waals surface area contributed by atoms with E-state index in [9.17, 15) is 0 Å². The van der Waals surface area contributed by atoms with Crippen molar-refractivity contribution in [2.45, 2.75) is 51.1 Å². The molecule has 1 unspecified atom stereocenters. The van der Waals surface area contributed by atoms with E-state index in [4.69, 9.17) is 4.98 Å². The lowest BCUT2D eigenvalue weighted by Crippen LogP contribution is -2.59. The van der Waals surface area contributed by atoms with Crippen LogP contribution < -0.4 is 5.32 Å². The second kappa shape index (κ2) is 6.07. The highest BCUT2D eigenvalue weighted by Gasteiger charge is 2.35. The van der Waals surface area contributed by atoms with E-state index in [2.05, 4.69) is 53.3 Å². The number of thiazole rings is 1. The van der Waals surface area contributed by atoms with Crippen LogP contribution in [0.15, 0.2) is 17.8 Å². The summed E-state index contributed by atoms with van der Waals surface area (Å²) in [6.45, 7) is 7.20. The van der Waals surface area contributed by atoms with Gasteiger partial charge in [0, 0.05) is 35.8 Å². The predicted molar refractivity (Wildman–Crippen MR) is 89.1 cm³/mol. The van der Waals surface area contributed by atoms with E-state index in [0.29, 0.717) is 6.04 Å². The van der Waals surface area contributed by atoms with Gasteiger partial charge in [0.2, 0.25) is 0 Å². The average molecular weight is 306 g/mol. The third kappa shape index (κ3) is 3.00. The molecule has 1 aliphatic heterocycles. The lowest BCUT2D eigenvalue weighted by molar-refractivity contribution is 0.0633. The van der Waals surface area contributed by atoms with Crippen LogP contribution in [0.3, 0.4) is 0 Å². The van der Waals surface area contributed by atoms with Crippen LogP contribution in [0.4, 0.5) is 0 Å². The summed E-state index contributed by atoms with van der Waals surface area (Å²) in [5, 5.41) is 5.62. The highest BCUT2D eigenvalue weighted by Crippen LogP contribution is 2.26. The monoisotopic (exact) mass is 306 g/mol. The maximum absolute atomic E-state index is 4.74. The molecule has 1 fully saturated rings. The van der Waals surface area contributed by atoms with Crippen molar-refractivity contribution >= 4 is 16.3 Å². The van der Waals surface area contributed by atoms with Crippen molar-refractivity contribution in [2.24, 2.45) is 0 Å². The minimum atomic E-state index is 0.159. The molecule has 0 bridgehead atoms. The van der Waals surface area contributed by atoms with Crippen LogP contribution >= 0.6 is 11.3 Å². The van der Waals surface area contributed by atoms with Gasteiger partial charge >= 0.3 is 0 Å². The van der Waals surface area contributed by atoms with E-state index >= 15 is 0 Å². The maximum atomic E-state index is 4.74. The minimum absolute atomic E-state index is 0.159. The molecule has 0 amide bonds. The smallest absolute Gasteiger partial charge is 0.193 e. The summed E-state index contributed by atoms with van der Waals surface area (Å²) in [5.74, 6) is 0. The number of hydrogen-bond donors (Lipinski definition) is 1. The number of fused-ring (bicyclic) bond motifs is 1. The van der Waals surface area contributed by atoms with Gasteiger partial charge in [-0.2, -0.15) is 0 Å². The van der Waals surface area contributed by atoms with Gasteiger partial charge in [0.15, 0.2) is 4.96 Å². The van der Waals surface area contributed by atoms with E-state index in [1.807, 2.05) is 0 Å². The van der Waals surface area contributed by atoms with Gasteiger partial charge in [0.25, 0.3) is 0 Å². The highest BCUT2D eigenvalue weighted by atomic mass is 32.1. The Morgan fingerprint density at radius 2 is 2.10 bits per heavy atom. The van der Waals surface area contributed by atoms with Crippen molar-refractivity contribution in [3.8, 4) is 0 Å². The second-order valence-corrected chi connectivity index (χ2v) is 7.44. The second-order valence-electron chi connectivity index (χ2n) is 6.57. The Balaban J connectivity index is 1.75. The molecule has 116 valence electrons. The Morgan fingerprint density at radius 1 is 1.33 bits per heavy atom. The molecule has 0 spiro atoms. The van der Waals surface area contributed by atoms with Crippen LogP contribution in [0.1, 0.15) is 38.8 Å². The fraction of sp³-hybridized carbons (Fsp3) is 0.688.